The van der Waals surface area contributed by atoms with Gasteiger partial charge < -0.3 is 29.7 Å². The zero-order valence-corrected chi connectivity index (χ0v) is 5.63. The quantitative estimate of drug-likeness (QED) is 0.371. The average Bonchev–Trinajstić information content (AvgIpc) is 1.70. The van der Waals surface area contributed by atoms with Crippen LogP contribution in [0.3, 0.4) is 0 Å². The van der Waals surface area contributed by atoms with Crippen molar-refractivity contribution < 1.29 is 47.1 Å². The second kappa shape index (κ2) is 101. The van der Waals surface area contributed by atoms with Crippen molar-refractivity contribution in [2.24, 2.45) is 0 Å². The van der Waals surface area contributed by atoms with Crippen molar-refractivity contribution >= 4 is 19.4 Å². The molecule has 0 aliphatic carbocycles. The largest absolute Gasteiger partial charge is 3.00 e. The molecule has 0 bridgehead atoms. The maximum Gasteiger partial charge on any atom is 3.00 e. The van der Waals surface area contributed by atoms with Crippen LogP contribution in [0.25, 0.3) is 0 Å². The van der Waals surface area contributed by atoms with E-state index < -0.39 is 0 Å². The zero-order valence-electron chi connectivity index (χ0n) is 4.36. The molecule has 0 saturated carbocycles. The first-order chi connectivity index (χ1) is 4.24. The normalized spacial score (nSPS) is 3.60. The fourth-order valence-electron chi connectivity index (χ4n) is 0. The molecule has 0 amide bonds. The molecule has 54 valence electrons. The predicted octanol–water partition coefficient (Wildman–Crippen LogP) is -5.17. The van der Waals surface area contributed by atoms with E-state index in [1.807, 2.05) is 0 Å². The molecular weight excluding hydrogens is 184 g/mol. The minimum Gasteiger partial charge on any atom is -0.543 e. The molecule has 0 N–H and O–H groups in total. The van der Waals surface area contributed by atoms with Crippen LogP contribution in [0.15, 0.2) is 0 Å². The summed E-state index contributed by atoms with van der Waals surface area (Å²) < 4.78 is 0. The van der Waals surface area contributed by atoms with Crippen LogP contribution in [-0.4, -0.2) is 19.4 Å². The van der Waals surface area contributed by atoms with E-state index in [-0.39, 0.29) is 36.8 Å². The molecule has 0 aliphatic heterocycles. The van der Waals surface area contributed by atoms with Gasteiger partial charge in [0, 0.05) is 0 Å². The van der Waals surface area contributed by atoms with Crippen molar-refractivity contribution in [3.63, 3.8) is 0 Å². The van der Waals surface area contributed by atoms with Gasteiger partial charge in [0.2, 0.25) is 0 Å². The summed E-state index contributed by atoms with van der Waals surface area (Å²) in [5.41, 5.74) is 0. The van der Waals surface area contributed by atoms with Gasteiger partial charge in [-0.2, -0.15) is 0 Å². The van der Waals surface area contributed by atoms with Gasteiger partial charge in [0.15, 0.2) is 0 Å². The van der Waals surface area contributed by atoms with E-state index in [2.05, 4.69) is 0 Å². The number of hydrogen-bond donors (Lipinski definition) is 0. The van der Waals surface area contributed by atoms with E-state index in [1.165, 1.54) is 0 Å². The zero-order chi connectivity index (χ0) is 8.12. The van der Waals surface area contributed by atoms with Crippen LogP contribution in [-0.2, 0) is 31.7 Å². The Hall–Kier alpha value is -1.06. The van der Waals surface area contributed by atoms with Crippen molar-refractivity contribution in [2.75, 3.05) is 0 Å². The molecule has 7 heteroatoms. The van der Waals surface area contributed by atoms with Crippen LogP contribution in [0.2, 0.25) is 0 Å². The topological polar surface area (TPSA) is 120 Å². The van der Waals surface area contributed by atoms with E-state index >= 15 is 0 Å². The van der Waals surface area contributed by atoms with Crippen LogP contribution < -0.4 is 15.3 Å². The summed E-state index contributed by atoms with van der Waals surface area (Å²) in [6.45, 7) is 0.750. The third kappa shape index (κ3) is 219. The minimum absolute atomic E-state index is 0. The summed E-state index contributed by atoms with van der Waals surface area (Å²) >= 11 is 0. The van der Waals surface area contributed by atoms with Gasteiger partial charge in [-0.15, -0.1) is 0 Å². The van der Waals surface area contributed by atoms with Gasteiger partial charge in [-0.3, -0.25) is 0 Å². The van der Waals surface area contributed by atoms with E-state index in [9.17, 15) is 0 Å². The maximum absolute atomic E-state index is 8.12. The summed E-state index contributed by atoms with van der Waals surface area (Å²) in [5.74, 6) is 0. The first-order valence-electron chi connectivity index (χ1n) is 1.22. The number of carbonyl (C=O) groups excluding carboxylic acids is 3. The summed E-state index contributed by atoms with van der Waals surface area (Å²) in [6.07, 6.45) is 0. The molecule has 0 aromatic heterocycles. The molecular formula is C3CrO6. The Morgan fingerprint density at radius 3 is 0.700 bits per heavy atom. The van der Waals surface area contributed by atoms with Crippen molar-refractivity contribution in [3.05, 3.63) is 0 Å². The smallest absolute Gasteiger partial charge is 0.543 e. The second-order valence-electron chi connectivity index (χ2n) is 0.250. The van der Waals surface area contributed by atoms with Crippen LogP contribution in [0.1, 0.15) is 0 Å². The van der Waals surface area contributed by atoms with Crippen LogP contribution in [0.4, 0.5) is 0 Å². The van der Waals surface area contributed by atoms with Gasteiger partial charge in [0.1, 0.15) is 0 Å². The third-order valence-corrected chi connectivity index (χ3v) is 0. The fraction of sp³-hybridized carbons (Fsp3) is 0. The van der Waals surface area contributed by atoms with Crippen molar-refractivity contribution in [1.82, 2.24) is 0 Å². The molecule has 6 nitrogen and oxygen atoms in total. The molecule has 0 rings (SSSR count). The molecule has 0 spiro atoms. The Morgan fingerprint density at radius 1 is 0.700 bits per heavy atom. The second-order valence-corrected chi connectivity index (χ2v) is 0.250. The summed E-state index contributed by atoms with van der Waals surface area (Å²) in [4.78, 5) is 24.4. The average molecular weight is 184 g/mol. The van der Waals surface area contributed by atoms with Crippen LogP contribution in [0, 0.1) is 0 Å². The number of hydrogen-bond acceptors (Lipinski definition) is 6. The first kappa shape index (κ1) is 23.1. The number of rotatable bonds is 0. The van der Waals surface area contributed by atoms with Gasteiger partial charge in [0.05, 0.1) is 19.4 Å². The van der Waals surface area contributed by atoms with Gasteiger partial charge >= 0.3 is 17.4 Å². The third-order valence-electron chi connectivity index (χ3n) is 0. The van der Waals surface area contributed by atoms with Gasteiger partial charge in [0.25, 0.3) is 0 Å². The molecule has 0 aromatic rings. The predicted molar refractivity (Wildman–Crippen MR) is 17.1 cm³/mol. The van der Waals surface area contributed by atoms with E-state index in [0.717, 1.165) is 0 Å². The SMILES string of the molecule is O=[C][O-].O=[C][O-].O=[C][O-].[Cr+3]. The van der Waals surface area contributed by atoms with E-state index in [0.29, 0.717) is 0 Å². The molecule has 10 heavy (non-hydrogen) atoms. The monoisotopic (exact) mass is 184 g/mol. The molecule has 0 aromatic carbocycles. The molecule has 0 unspecified atom stereocenters. The fourth-order valence-corrected chi connectivity index (χ4v) is 0. The Kier molecular flexibility index (Phi) is 234. The van der Waals surface area contributed by atoms with Crippen LogP contribution >= 0.6 is 0 Å². The first-order valence-corrected chi connectivity index (χ1v) is 1.22. The van der Waals surface area contributed by atoms with Crippen molar-refractivity contribution in [3.8, 4) is 0 Å². The molecule has 0 aliphatic rings. The van der Waals surface area contributed by atoms with E-state index in [1.54, 1.807) is 0 Å². The van der Waals surface area contributed by atoms with E-state index in [4.69, 9.17) is 29.7 Å². The Morgan fingerprint density at radius 2 is 0.700 bits per heavy atom. The van der Waals surface area contributed by atoms with Crippen molar-refractivity contribution in [2.45, 2.75) is 0 Å². The summed E-state index contributed by atoms with van der Waals surface area (Å²) in [6, 6.07) is 0. The van der Waals surface area contributed by atoms with Gasteiger partial charge in [-0.1, -0.05) is 0 Å². The molecule has 0 heterocycles. The van der Waals surface area contributed by atoms with Gasteiger partial charge in [-0.25, -0.2) is 0 Å². The molecule has 0 atom stereocenters. The standard InChI is InChI=1S/3CO2.Cr/c3*2-1-3;/q3*-1;+3. The van der Waals surface area contributed by atoms with Crippen molar-refractivity contribution in [1.29, 1.82) is 0 Å². The minimum atomic E-state index is 0. The van der Waals surface area contributed by atoms with Gasteiger partial charge in [-0.05, 0) is 0 Å². The summed E-state index contributed by atoms with van der Waals surface area (Å²) in [7, 11) is 0. The van der Waals surface area contributed by atoms with Crippen LogP contribution in [0.5, 0.6) is 0 Å². The molecule has 0 saturated heterocycles. The maximum atomic E-state index is 8.12. The Bertz CT molecular complexity index is 49.7. The molecule has 0 fully saturated rings. The Balaban J connectivity index is -0.0000000257. The summed E-state index contributed by atoms with van der Waals surface area (Å²) in [5, 5.41) is 24.4. The molecule has 4 radical (unpaired) electrons. The Labute approximate surface area is 67.2 Å².